The number of carbonyl (C=O) groups excluding carboxylic acids is 1. The van der Waals surface area contributed by atoms with Gasteiger partial charge in [-0.15, -0.1) is 0 Å². The summed E-state index contributed by atoms with van der Waals surface area (Å²) in [6, 6.07) is 7.60. The highest BCUT2D eigenvalue weighted by Gasteiger charge is 2.49. The monoisotopic (exact) mass is 304 g/mol. The van der Waals surface area contributed by atoms with E-state index in [1.165, 1.54) is 12.1 Å². The van der Waals surface area contributed by atoms with Crippen molar-refractivity contribution in [3.63, 3.8) is 0 Å². The van der Waals surface area contributed by atoms with Crippen molar-refractivity contribution < 1.29 is 13.9 Å². The van der Waals surface area contributed by atoms with E-state index in [1.54, 1.807) is 0 Å². The van der Waals surface area contributed by atoms with Crippen LogP contribution in [0.15, 0.2) is 24.3 Å². The van der Waals surface area contributed by atoms with E-state index in [-0.39, 0.29) is 29.7 Å². The Kier molecular flexibility index (Phi) is 3.62. The summed E-state index contributed by atoms with van der Waals surface area (Å²) in [7, 11) is 0. The van der Waals surface area contributed by atoms with Gasteiger partial charge in [0.25, 0.3) is 0 Å². The number of rotatable bonds is 2. The normalized spacial score (nSPS) is 33.0. The van der Waals surface area contributed by atoms with E-state index in [9.17, 15) is 9.18 Å². The van der Waals surface area contributed by atoms with Gasteiger partial charge < -0.3 is 10.1 Å². The molecule has 3 fully saturated rings. The third-order valence-electron chi connectivity index (χ3n) is 5.29. The van der Waals surface area contributed by atoms with Crippen LogP contribution in [-0.2, 0) is 9.53 Å². The van der Waals surface area contributed by atoms with Gasteiger partial charge in [-0.05, 0) is 37.0 Å². The molecular formula is C17H21FN2O2. The zero-order valence-electron chi connectivity index (χ0n) is 12.5. The Balaban J connectivity index is 1.67. The molecule has 0 radical (unpaired) electrons. The Morgan fingerprint density at radius 1 is 1.23 bits per heavy atom. The summed E-state index contributed by atoms with van der Waals surface area (Å²) in [5, 5.41) is 3.04. The van der Waals surface area contributed by atoms with Gasteiger partial charge in [0.15, 0.2) is 0 Å². The highest BCUT2D eigenvalue weighted by Crippen LogP contribution is 2.44. The molecule has 5 heteroatoms. The Morgan fingerprint density at radius 3 is 2.68 bits per heavy atom. The van der Waals surface area contributed by atoms with Crippen LogP contribution in [0.1, 0.15) is 30.9 Å². The summed E-state index contributed by atoms with van der Waals surface area (Å²) in [6.07, 6.45) is 2.88. The lowest BCUT2D eigenvalue weighted by atomic mass is 9.94. The molecule has 0 saturated carbocycles. The average Bonchev–Trinajstić information content (AvgIpc) is 2.72. The summed E-state index contributed by atoms with van der Waals surface area (Å²) in [4.78, 5) is 14.9. The van der Waals surface area contributed by atoms with Crippen molar-refractivity contribution in [1.29, 1.82) is 0 Å². The molecule has 4 rings (SSSR count). The van der Waals surface area contributed by atoms with Crippen LogP contribution < -0.4 is 5.32 Å². The zero-order chi connectivity index (χ0) is 15.1. The molecule has 22 heavy (non-hydrogen) atoms. The Bertz CT molecular complexity index is 558. The van der Waals surface area contributed by atoms with Crippen molar-refractivity contribution in [3.8, 4) is 0 Å². The molecule has 0 unspecified atom stereocenters. The number of fused-ring (bicyclic) bond motifs is 1. The van der Waals surface area contributed by atoms with E-state index < -0.39 is 0 Å². The SMILES string of the molecule is O=C1NCCC[C@H]2[C@H]1C[C@@H](c1ccc(F)cc1)N2C1COC1. The third-order valence-corrected chi connectivity index (χ3v) is 5.29. The lowest BCUT2D eigenvalue weighted by Crippen LogP contribution is -2.53. The second-order valence-electron chi connectivity index (χ2n) is 6.55. The first-order chi connectivity index (χ1) is 10.7. The van der Waals surface area contributed by atoms with Crippen molar-refractivity contribution >= 4 is 5.91 Å². The molecule has 3 aliphatic rings. The number of nitrogens with zero attached hydrogens (tertiary/aromatic N) is 1. The lowest BCUT2D eigenvalue weighted by molar-refractivity contribution is -0.126. The molecule has 0 aliphatic carbocycles. The van der Waals surface area contributed by atoms with Crippen LogP contribution in [0.25, 0.3) is 0 Å². The standard InChI is InChI=1S/C17H21FN2O2/c18-12-5-3-11(4-6-12)16-8-14-15(2-1-7-19-17(14)21)20(16)13-9-22-10-13/h3-6,13-16H,1-2,7-10H2,(H,19,21)/t14-,15+,16+/m1/s1. The fourth-order valence-corrected chi connectivity index (χ4v) is 4.16. The maximum Gasteiger partial charge on any atom is 0.224 e. The molecule has 3 aliphatic heterocycles. The molecule has 4 nitrogen and oxygen atoms in total. The molecule has 3 atom stereocenters. The maximum atomic E-state index is 13.2. The van der Waals surface area contributed by atoms with Gasteiger partial charge in [-0.1, -0.05) is 12.1 Å². The number of hydrogen-bond acceptors (Lipinski definition) is 3. The van der Waals surface area contributed by atoms with Gasteiger partial charge in [-0.3, -0.25) is 9.69 Å². The van der Waals surface area contributed by atoms with E-state index in [0.29, 0.717) is 6.04 Å². The topological polar surface area (TPSA) is 41.6 Å². The molecular weight excluding hydrogens is 283 g/mol. The Hall–Kier alpha value is -1.46. The molecule has 3 heterocycles. The van der Waals surface area contributed by atoms with E-state index >= 15 is 0 Å². The molecule has 118 valence electrons. The Labute approximate surface area is 129 Å². The molecule has 1 aromatic carbocycles. The first-order valence-electron chi connectivity index (χ1n) is 8.12. The second-order valence-corrected chi connectivity index (χ2v) is 6.55. The highest BCUT2D eigenvalue weighted by atomic mass is 19.1. The van der Waals surface area contributed by atoms with Crippen LogP contribution in [0.2, 0.25) is 0 Å². The number of halogens is 1. The van der Waals surface area contributed by atoms with Gasteiger partial charge in [0.05, 0.1) is 25.2 Å². The van der Waals surface area contributed by atoms with Crippen LogP contribution >= 0.6 is 0 Å². The quantitative estimate of drug-likeness (QED) is 0.907. The van der Waals surface area contributed by atoms with Crippen LogP contribution in [0.5, 0.6) is 0 Å². The van der Waals surface area contributed by atoms with Gasteiger partial charge in [0, 0.05) is 18.6 Å². The number of likely N-dealkylation sites (tertiary alicyclic amines) is 1. The van der Waals surface area contributed by atoms with Gasteiger partial charge in [-0.2, -0.15) is 0 Å². The predicted octanol–water partition coefficient (Wildman–Crippen LogP) is 1.87. The summed E-state index contributed by atoms with van der Waals surface area (Å²) < 4.78 is 18.6. The van der Waals surface area contributed by atoms with E-state index in [0.717, 1.165) is 44.6 Å². The molecule has 0 aromatic heterocycles. The van der Waals surface area contributed by atoms with Crippen molar-refractivity contribution in [1.82, 2.24) is 10.2 Å². The smallest absolute Gasteiger partial charge is 0.224 e. The van der Waals surface area contributed by atoms with E-state index in [4.69, 9.17) is 4.74 Å². The number of hydrogen-bond donors (Lipinski definition) is 1. The van der Waals surface area contributed by atoms with Crippen LogP contribution in [0.3, 0.4) is 0 Å². The van der Waals surface area contributed by atoms with Crippen molar-refractivity contribution in [2.24, 2.45) is 5.92 Å². The Morgan fingerprint density at radius 2 is 2.00 bits per heavy atom. The minimum absolute atomic E-state index is 0.0400. The predicted molar refractivity (Wildman–Crippen MR) is 79.7 cm³/mol. The summed E-state index contributed by atoms with van der Waals surface area (Å²) in [5.41, 5.74) is 1.11. The first-order valence-corrected chi connectivity index (χ1v) is 8.12. The largest absolute Gasteiger partial charge is 0.378 e. The first kappa shape index (κ1) is 14.2. The van der Waals surface area contributed by atoms with Crippen LogP contribution in [0, 0.1) is 11.7 Å². The zero-order valence-corrected chi connectivity index (χ0v) is 12.5. The van der Waals surface area contributed by atoms with Gasteiger partial charge >= 0.3 is 0 Å². The van der Waals surface area contributed by atoms with E-state index in [2.05, 4.69) is 10.2 Å². The molecule has 1 amide bonds. The van der Waals surface area contributed by atoms with E-state index in [1.807, 2.05) is 12.1 Å². The number of ether oxygens (including phenoxy) is 1. The summed E-state index contributed by atoms with van der Waals surface area (Å²) >= 11 is 0. The number of benzene rings is 1. The fraction of sp³-hybridized carbons (Fsp3) is 0.588. The summed E-state index contributed by atoms with van der Waals surface area (Å²) in [5.74, 6) is 0.00254. The van der Waals surface area contributed by atoms with Crippen molar-refractivity contribution in [2.45, 2.75) is 37.4 Å². The molecule has 0 bridgehead atoms. The lowest BCUT2D eigenvalue weighted by Gasteiger charge is -2.42. The summed E-state index contributed by atoms with van der Waals surface area (Å²) in [6.45, 7) is 2.26. The molecule has 1 N–H and O–H groups in total. The van der Waals surface area contributed by atoms with Gasteiger partial charge in [0.1, 0.15) is 5.82 Å². The number of nitrogens with one attached hydrogen (secondary N) is 1. The average molecular weight is 304 g/mol. The number of amides is 1. The minimum Gasteiger partial charge on any atom is -0.378 e. The third kappa shape index (κ3) is 2.32. The van der Waals surface area contributed by atoms with Gasteiger partial charge in [-0.25, -0.2) is 4.39 Å². The maximum absolute atomic E-state index is 13.2. The highest BCUT2D eigenvalue weighted by molar-refractivity contribution is 5.80. The minimum atomic E-state index is -0.216. The number of carbonyl (C=O) groups is 1. The molecule has 1 aromatic rings. The van der Waals surface area contributed by atoms with Gasteiger partial charge in [0.2, 0.25) is 5.91 Å². The van der Waals surface area contributed by atoms with Crippen molar-refractivity contribution in [2.75, 3.05) is 19.8 Å². The van der Waals surface area contributed by atoms with Crippen molar-refractivity contribution in [3.05, 3.63) is 35.6 Å². The molecule has 0 spiro atoms. The molecule has 3 saturated heterocycles. The second kappa shape index (κ2) is 5.63. The fourth-order valence-electron chi connectivity index (χ4n) is 4.16. The van der Waals surface area contributed by atoms with Crippen LogP contribution in [0.4, 0.5) is 4.39 Å². The van der Waals surface area contributed by atoms with Crippen LogP contribution in [-0.4, -0.2) is 42.6 Å².